The summed E-state index contributed by atoms with van der Waals surface area (Å²) in [5, 5.41) is 3.23. The highest BCUT2D eigenvalue weighted by atomic mass is 32.1. The maximum Gasteiger partial charge on any atom is 0.113 e. The number of hydrogen-bond donors (Lipinski definition) is 1. The third-order valence-electron chi connectivity index (χ3n) is 2.91. The van der Waals surface area contributed by atoms with Crippen LogP contribution in [0.1, 0.15) is 36.9 Å². The molecule has 3 heteroatoms. The van der Waals surface area contributed by atoms with Crippen LogP contribution in [0.4, 0.5) is 0 Å². The maximum absolute atomic E-state index is 6.39. The van der Waals surface area contributed by atoms with E-state index in [0.29, 0.717) is 5.92 Å². The molecule has 0 bridgehead atoms. The van der Waals surface area contributed by atoms with Crippen molar-refractivity contribution in [2.24, 2.45) is 11.7 Å². The van der Waals surface area contributed by atoms with E-state index in [-0.39, 0.29) is 5.54 Å². The van der Waals surface area contributed by atoms with Crippen LogP contribution in [0.2, 0.25) is 0 Å². The number of nitrogens with two attached hydrogens (primary N) is 1. The topological polar surface area (TPSA) is 38.9 Å². The Labute approximate surface area is 83.2 Å². The molecular weight excluding hydrogens is 180 g/mol. The van der Waals surface area contributed by atoms with Gasteiger partial charge in [-0.3, -0.25) is 0 Å². The Kier molecular flexibility index (Phi) is 2.16. The van der Waals surface area contributed by atoms with Crippen molar-refractivity contribution in [3.8, 4) is 0 Å². The Morgan fingerprint density at radius 1 is 1.69 bits per heavy atom. The molecule has 1 fully saturated rings. The lowest BCUT2D eigenvalue weighted by Gasteiger charge is -2.25. The molecule has 1 aliphatic carbocycles. The Hall–Kier alpha value is -0.410. The van der Waals surface area contributed by atoms with E-state index < -0.39 is 0 Å². The van der Waals surface area contributed by atoms with E-state index >= 15 is 0 Å². The van der Waals surface area contributed by atoms with Gasteiger partial charge in [-0.05, 0) is 32.1 Å². The smallest absolute Gasteiger partial charge is 0.113 e. The lowest BCUT2D eigenvalue weighted by molar-refractivity contribution is 0.368. The molecule has 13 heavy (non-hydrogen) atoms. The molecule has 1 heterocycles. The molecule has 1 aromatic heterocycles. The second-order valence-corrected chi connectivity index (χ2v) is 4.82. The maximum atomic E-state index is 6.39. The lowest BCUT2D eigenvalue weighted by atomic mass is 9.92. The van der Waals surface area contributed by atoms with Crippen molar-refractivity contribution in [2.45, 2.75) is 38.6 Å². The minimum atomic E-state index is -0.126. The molecule has 0 aromatic carbocycles. The average Bonchev–Trinajstić information content (AvgIpc) is 2.89. The van der Waals surface area contributed by atoms with Crippen molar-refractivity contribution in [1.29, 1.82) is 0 Å². The summed E-state index contributed by atoms with van der Waals surface area (Å²) in [7, 11) is 0. The molecule has 0 spiro atoms. The SMILES string of the molecule is CCC(N)(c1nc(C)cs1)C1CC1. The van der Waals surface area contributed by atoms with Crippen LogP contribution in [-0.4, -0.2) is 4.98 Å². The van der Waals surface area contributed by atoms with Gasteiger partial charge in [0.05, 0.1) is 5.54 Å². The minimum Gasteiger partial charge on any atom is -0.319 e. The van der Waals surface area contributed by atoms with Gasteiger partial charge in [0.25, 0.3) is 0 Å². The van der Waals surface area contributed by atoms with E-state index in [1.807, 2.05) is 6.92 Å². The fraction of sp³-hybridized carbons (Fsp3) is 0.700. The van der Waals surface area contributed by atoms with Gasteiger partial charge in [-0.25, -0.2) is 4.98 Å². The molecule has 0 saturated heterocycles. The first-order valence-electron chi connectivity index (χ1n) is 4.88. The first-order chi connectivity index (χ1) is 6.16. The lowest BCUT2D eigenvalue weighted by Crippen LogP contribution is -2.38. The zero-order valence-corrected chi connectivity index (χ0v) is 9.03. The van der Waals surface area contributed by atoms with Gasteiger partial charge in [-0.15, -0.1) is 11.3 Å². The number of thiazole rings is 1. The predicted molar refractivity (Wildman–Crippen MR) is 55.7 cm³/mol. The third-order valence-corrected chi connectivity index (χ3v) is 4.06. The number of aromatic nitrogens is 1. The van der Waals surface area contributed by atoms with Crippen LogP contribution in [0.25, 0.3) is 0 Å². The van der Waals surface area contributed by atoms with E-state index in [1.165, 1.54) is 12.8 Å². The minimum absolute atomic E-state index is 0.126. The highest BCUT2D eigenvalue weighted by molar-refractivity contribution is 7.09. The summed E-state index contributed by atoms with van der Waals surface area (Å²) in [5.41, 5.74) is 7.36. The largest absolute Gasteiger partial charge is 0.319 e. The van der Waals surface area contributed by atoms with Crippen LogP contribution in [0.5, 0.6) is 0 Å². The number of hydrogen-bond acceptors (Lipinski definition) is 3. The second kappa shape index (κ2) is 3.07. The van der Waals surface area contributed by atoms with Gasteiger partial charge in [0, 0.05) is 11.1 Å². The van der Waals surface area contributed by atoms with Gasteiger partial charge in [-0.2, -0.15) is 0 Å². The Morgan fingerprint density at radius 3 is 2.77 bits per heavy atom. The third kappa shape index (κ3) is 1.51. The summed E-state index contributed by atoms with van der Waals surface area (Å²) in [4.78, 5) is 4.51. The van der Waals surface area contributed by atoms with E-state index in [9.17, 15) is 0 Å². The standard InChI is InChI=1S/C10H16N2S/c1-3-10(11,8-4-5-8)9-12-7(2)6-13-9/h6,8H,3-5,11H2,1-2H3. The molecule has 0 aliphatic heterocycles. The summed E-state index contributed by atoms with van der Waals surface area (Å²) in [6, 6.07) is 0. The van der Waals surface area contributed by atoms with Crippen molar-refractivity contribution in [3.05, 3.63) is 16.1 Å². The fourth-order valence-electron chi connectivity index (χ4n) is 1.78. The van der Waals surface area contributed by atoms with Crippen molar-refractivity contribution in [3.63, 3.8) is 0 Å². The summed E-state index contributed by atoms with van der Waals surface area (Å²) < 4.78 is 0. The Balaban J connectivity index is 2.29. The number of aryl methyl sites for hydroxylation is 1. The van der Waals surface area contributed by atoms with Crippen LogP contribution >= 0.6 is 11.3 Å². The molecule has 1 aromatic rings. The molecule has 1 aliphatic rings. The zero-order valence-electron chi connectivity index (χ0n) is 8.21. The van der Waals surface area contributed by atoms with Gasteiger partial charge >= 0.3 is 0 Å². The Morgan fingerprint density at radius 2 is 2.38 bits per heavy atom. The number of rotatable bonds is 3. The molecular formula is C10H16N2S. The van der Waals surface area contributed by atoms with Crippen LogP contribution < -0.4 is 5.73 Å². The van der Waals surface area contributed by atoms with Gasteiger partial charge in [0.2, 0.25) is 0 Å². The monoisotopic (exact) mass is 196 g/mol. The second-order valence-electron chi connectivity index (χ2n) is 3.96. The molecule has 72 valence electrons. The van der Waals surface area contributed by atoms with Crippen molar-refractivity contribution >= 4 is 11.3 Å². The molecule has 2 N–H and O–H groups in total. The van der Waals surface area contributed by atoms with Crippen molar-refractivity contribution in [2.75, 3.05) is 0 Å². The molecule has 0 amide bonds. The van der Waals surface area contributed by atoms with E-state index in [4.69, 9.17) is 5.73 Å². The molecule has 0 radical (unpaired) electrons. The Bertz CT molecular complexity index is 304. The summed E-state index contributed by atoms with van der Waals surface area (Å²) in [6.07, 6.45) is 3.57. The van der Waals surface area contributed by atoms with Crippen LogP contribution in [0, 0.1) is 12.8 Å². The quantitative estimate of drug-likeness (QED) is 0.806. The highest BCUT2D eigenvalue weighted by Gasteiger charge is 2.43. The molecule has 1 unspecified atom stereocenters. The van der Waals surface area contributed by atoms with Crippen LogP contribution in [0.15, 0.2) is 5.38 Å². The first-order valence-corrected chi connectivity index (χ1v) is 5.76. The van der Waals surface area contributed by atoms with Crippen molar-refractivity contribution in [1.82, 2.24) is 4.98 Å². The molecule has 2 rings (SSSR count). The van der Waals surface area contributed by atoms with Gasteiger partial charge in [0.15, 0.2) is 0 Å². The van der Waals surface area contributed by atoms with Gasteiger partial charge < -0.3 is 5.73 Å². The summed E-state index contributed by atoms with van der Waals surface area (Å²) in [5.74, 6) is 0.683. The normalized spacial score (nSPS) is 21.5. The van der Waals surface area contributed by atoms with Crippen LogP contribution in [0.3, 0.4) is 0 Å². The summed E-state index contributed by atoms with van der Waals surface area (Å²) in [6.45, 7) is 4.19. The zero-order chi connectivity index (χ0) is 9.47. The molecule has 1 atom stereocenters. The predicted octanol–water partition coefficient (Wildman–Crippen LogP) is 2.43. The molecule has 1 saturated carbocycles. The van der Waals surface area contributed by atoms with E-state index in [2.05, 4.69) is 17.3 Å². The highest BCUT2D eigenvalue weighted by Crippen LogP contribution is 2.46. The molecule has 2 nitrogen and oxygen atoms in total. The van der Waals surface area contributed by atoms with Crippen LogP contribution in [-0.2, 0) is 5.54 Å². The van der Waals surface area contributed by atoms with E-state index in [1.54, 1.807) is 11.3 Å². The van der Waals surface area contributed by atoms with E-state index in [0.717, 1.165) is 17.1 Å². The fourth-order valence-corrected chi connectivity index (χ4v) is 2.84. The van der Waals surface area contributed by atoms with Gasteiger partial charge in [0.1, 0.15) is 5.01 Å². The average molecular weight is 196 g/mol. The van der Waals surface area contributed by atoms with Crippen molar-refractivity contribution < 1.29 is 0 Å². The first kappa shape index (κ1) is 9.16. The van der Waals surface area contributed by atoms with Gasteiger partial charge in [-0.1, -0.05) is 6.92 Å². The summed E-state index contributed by atoms with van der Waals surface area (Å²) >= 11 is 1.71. The number of nitrogens with zero attached hydrogens (tertiary/aromatic N) is 1.